The predicted octanol–water partition coefficient (Wildman–Crippen LogP) is 2.67. The minimum absolute atomic E-state index is 0.0198. The van der Waals surface area contributed by atoms with Crippen molar-refractivity contribution in [1.29, 1.82) is 0 Å². The fraction of sp³-hybridized carbons (Fsp3) is 0.357. The molecule has 1 aromatic rings. The van der Waals surface area contributed by atoms with Crippen LogP contribution < -0.4 is 15.4 Å². The van der Waals surface area contributed by atoms with Gasteiger partial charge in [0.05, 0.1) is 12.1 Å². The third-order valence-corrected chi connectivity index (χ3v) is 2.45. The van der Waals surface area contributed by atoms with Crippen molar-refractivity contribution in [3.8, 4) is 5.75 Å². The molecule has 0 bridgehead atoms. The van der Waals surface area contributed by atoms with Gasteiger partial charge in [-0.1, -0.05) is 12.1 Å². The first-order chi connectivity index (χ1) is 10.1. The maximum Gasteiger partial charge on any atom is 0.387 e. The number of nitrogens with zero attached hydrogens (tertiary/aromatic N) is 1. The first-order valence-corrected chi connectivity index (χ1v) is 6.43. The summed E-state index contributed by atoms with van der Waals surface area (Å²) in [6, 6.07) is 3.76. The number of hydrogen-bond donors (Lipinski definition) is 2. The van der Waals surface area contributed by atoms with Gasteiger partial charge in [-0.05, 0) is 19.1 Å². The van der Waals surface area contributed by atoms with Crippen molar-refractivity contribution < 1.29 is 17.9 Å². The molecule has 116 valence electrons. The molecular weight excluding hydrogens is 283 g/mol. The summed E-state index contributed by atoms with van der Waals surface area (Å²) in [6.45, 7) is 3.39. The standard InChI is InChI=1S/C14H18F3N3O/c1-3-8-19-14(18-4-2)20-9-10-11(15)6-5-7-12(10)21-13(16)17/h3,5-7,13H,1,4,8-9H2,2H3,(H2,18,19,20). The second kappa shape index (κ2) is 8.89. The third-order valence-electron chi connectivity index (χ3n) is 2.45. The zero-order chi connectivity index (χ0) is 15.7. The zero-order valence-electron chi connectivity index (χ0n) is 11.7. The van der Waals surface area contributed by atoms with E-state index in [0.717, 1.165) is 0 Å². The highest BCUT2D eigenvalue weighted by Gasteiger charge is 2.13. The predicted molar refractivity (Wildman–Crippen MR) is 76.0 cm³/mol. The fourth-order valence-corrected chi connectivity index (χ4v) is 1.57. The Morgan fingerprint density at radius 3 is 2.81 bits per heavy atom. The first kappa shape index (κ1) is 16.9. The molecule has 0 unspecified atom stereocenters. The summed E-state index contributed by atoms with van der Waals surface area (Å²) in [4.78, 5) is 4.13. The summed E-state index contributed by atoms with van der Waals surface area (Å²) < 4.78 is 42.6. The Hall–Kier alpha value is -2.18. The average molecular weight is 301 g/mol. The quantitative estimate of drug-likeness (QED) is 0.462. The summed E-state index contributed by atoms with van der Waals surface area (Å²) in [5, 5.41) is 5.88. The molecule has 0 aliphatic rings. The van der Waals surface area contributed by atoms with E-state index in [1.807, 2.05) is 6.92 Å². The molecule has 7 heteroatoms. The van der Waals surface area contributed by atoms with E-state index in [4.69, 9.17) is 0 Å². The summed E-state index contributed by atoms with van der Waals surface area (Å²) in [5.41, 5.74) is -0.0198. The van der Waals surface area contributed by atoms with Crippen LogP contribution in [0.1, 0.15) is 12.5 Å². The molecule has 0 aliphatic carbocycles. The molecule has 0 aromatic heterocycles. The van der Waals surface area contributed by atoms with Gasteiger partial charge in [0.2, 0.25) is 0 Å². The van der Waals surface area contributed by atoms with Gasteiger partial charge < -0.3 is 15.4 Å². The van der Waals surface area contributed by atoms with E-state index in [0.29, 0.717) is 19.0 Å². The van der Waals surface area contributed by atoms with E-state index < -0.39 is 12.4 Å². The van der Waals surface area contributed by atoms with Crippen molar-refractivity contribution >= 4 is 5.96 Å². The van der Waals surface area contributed by atoms with Gasteiger partial charge in [-0.25, -0.2) is 9.38 Å². The number of rotatable bonds is 7. The highest BCUT2D eigenvalue weighted by atomic mass is 19.3. The number of halogens is 3. The Bertz CT molecular complexity index is 492. The molecule has 0 atom stereocenters. The molecule has 2 N–H and O–H groups in total. The Labute approximate surface area is 121 Å². The molecule has 0 saturated carbocycles. The van der Waals surface area contributed by atoms with Crippen molar-refractivity contribution in [3.63, 3.8) is 0 Å². The number of alkyl halides is 2. The maximum absolute atomic E-state index is 13.7. The van der Waals surface area contributed by atoms with E-state index in [-0.39, 0.29) is 17.9 Å². The SMILES string of the molecule is C=CCNC(=NCc1c(F)cccc1OC(F)F)NCC. The maximum atomic E-state index is 13.7. The van der Waals surface area contributed by atoms with E-state index in [1.165, 1.54) is 18.2 Å². The summed E-state index contributed by atoms with van der Waals surface area (Å²) in [5.74, 6) is -0.423. The Kier molecular flexibility index (Phi) is 7.14. The molecule has 0 heterocycles. The largest absolute Gasteiger partial charge is 0.434 e. The minimum Gasteiger partial charge on any atom is -0.434 e. The second-order valence-corrected chi connectivity index (χ2v) is 3.96. The molecule has 0 saturated heterocycles. The van der Waals surface area contributed by atoms with E-state index >= 15 is 0 Å². The van der Waals surface area contributed by atoms with Gasteiger partial charge in [0.15, 0.2) is 5.96 Å². The van der Waals surface area contributed by atoms with E-state index in [9.17, 15) is 13.2 Å². The number of nitrogens with one attached hydrogen (secondary N) is 2. The normalized spacial score (nSPS) is 11.4. The lowest BCUT2D eigenvalue weighted by Gasteiger charge is -2.12. The fourth-order valence-electron chi connectivity index (χ4n) is 1.57. The number of guanidine groups is 1. The molecular formula is C14H18F3N3O. The molecule has 0 fully saturated rings. The van der Waals surface area contributed by atoms with Crippen LogP contribution in [0.3, 0.4) is 0 Å². The smallest absolute Gasteiger partial charge is 0.387 e. The van der Waals surface area contributed by atoms with E-state index in [1.54, 1.807) is 6.08 Å². The average Bonchev–Trinajstić information content (AvgIpc) is 2.43. The number of aliphatic imine (C=N–C) groups is 1. The van der Waals surface area contributed by atoms with Crippen LogP contribution in [0.2, 0.25) is 0 Å². The van der Waals surface area contributed by atoms with Crippen molar-refractivity contribution in [2.45, 2.75) is 20.1 Å². The zero-order valence-corrected chi connectivity index (χ0v) is 11.7. The lowest BCUT2D eigenvalue weighted by Crippen LogP contribution is -2.37. The highest BCUT2D eigenvalue weighted by molar-refractivity contribution is 5.79. The van der Waals surface area contributed by atoms with E-state index in [2.05, 4.69) is 26.9 Å². The molecule has 4 nitrogen and oxygen atoms in total. The van der Waals surface area contributed by atoms with Crippen LogP contribution in [0, 0.1) is 5.82 Å². The second-order valence-electron chi connectivity index (χ2n) is 3.96. The van der Waals surface area contributed by atoms with Gasteiger partial charge in [-0.3, -0.25) is 0 Å². The van der Waals surface area contributed by atoms with Gasteiger partial charge in [-0.15, -0.1) is 6.58 Å². The van der Waals surface area contributed by atoms with Crippen LogP contribution in [-0.2, 0) is 6.54 Å². The molecule has 21 heavy (non-hydrogen) atoms. The van der Waals surface area contributed by atoms with Crippen LogP contribution in [-0.4, -0.2) is 25.7 Å². The summed E-state index contributed by atoms with van der Waals surface area (Å²) >= 11 is 0. The molecule has 0 amide bonds. The van der Waals surface area contributed by atoms with Gasteiger partial charge in [0.25, 0.3) is 0 Å². The number of ether oxygens (including phenoxy) is 1. The van der Waals surface area contributed by atoms with Crippen LogP contribution in [0.4, 0.5) is 13.2 Å². The topological polar surface area (TPSA) is 45.7 Å². The van der Waals surface area contributed by atoms with Gasteiger partial charge in [0.1, 0.15) is 11.6 Å². The van der Waals surface area contributed by atoms with Crippen molar-refractivity contribution in [2.24, 2.45) is 4.99 Å². The molecule has 1 rings (SSSR count). The highest BCUT2D eigenvalue weighted by Crippen LogP contribution is 2.24. The Morgan fingerprint density at radius 1 is 1.43 bits per heavy atom. The summed E-state index contributed by atoms with van der Waals surface area (Å²) in [7, 11) is 0. The first-order valence-electron chi connectivity index (χ1n) is 6.43. The van der Waals surface area contributed by atoms with Crippen LogP contribution in [0.5, 0.6) is 5.75 Å². The lowest BCUT2D eigenvalue weighted by atomic mass is 10.2. The van der Waals surface area contributed by atoms with Gasteiger partial charge >= 0.3 is 6.61 Å². The monoisotopic (exact) mass is 301 g/mol. The van der Waals surface area contributed by atoms with Gasteiger partial charge in [0, 0.05) is 13.1 Å². The van der Waals surface area contributed by atoms with Crippen molar-refractivity contribution in [2.75, 3.05) is 13.1 Å². The minimum atomic E-state index is -3.01. The number of benzene rings is 1. The van der Waals surface area contributed by atoms with Crippen molar-refractivity contribution in [3.05, 3.63) is 42.2 Å². The molecule has 1 aromatic carbocycles. The molecule has 0 aliphatic heterocycles. The van der Waals surface area contributed by atoms with Crippen LogP contribution >= 0.6 is 0 Å². The molecule has 0 radical (unpaired) electrons. The lowest BCUT2D eigenvalue weighted by molar-refractivity contribution is -0.0506. The van der Waals surface area contributed by atoms with Crippen molar-refractivity contribution in [1.82, 2.24) is 10.6 Å². The van der Waals surface area contributed by atoms with Crippen LogP contribution in [0.25, 0.3) is 0 Å². The molecule has 0 spiro atoms. The third kappa shape index (κ3) is 5.76. The van der Waals surface area contributed by atoms with Gasteiger partial charge in [-0.2, -0.15) is 8.78 Å². The summed E-state index contributed by atoms with van der Waals surface area (Å²) in [6.07, 6.45) is 1.64. The Balaban J connectivity index is 2.90. The van der Waals surface area contributed by atoms with Crippen LogP contribution in [0.15, 0.2) is 35.8 Å². The Morgan fingerprint density at radius 2 is 2.19 bits per heavy atom. The number of hydrogen-bond acceptors (Lipinski definition) is 2.